The van der Waals surface area contributed by atoms with E-state index in [1.54, 1.807) is 19.4 Å². The van der Waals surface area contributed by atoms with Crippen molar-refractivity contribution < 1.29 is 22.7 Å². The van der Waals surface area contributed by atoms with E-state index in [-0.39, 0.29) is 17.4 Å². The number of ether oxygens (including phenoxy) is 1. The molecular weight excluding hydrogens is 665 g/mol. The second kappa shape index (κ2) is 12.8. The van der Waals surface area contributed by atoms with Gasteiger partial charge in [0.2, 0.25) is 0 Å². The Kier molecular flexibility index (Phi) is 8.46. The third-order valence-corrected chi connectivity index (χ3v) is 13.2. The van der Waals surface area contributed by atoms with Gasteiger partial charge < -0.3 is 19.1 Å². The maximum Gasteiger partial charge on any atom is 0.303 e. The Morgan fingerprint density at radius 1 is 1.00 bits per heavy atom. The first-order valence-corrected chi connectivity index (χ1v) is 19.5. The molecule has 0 spiro atoms. The smallest absolute Gasteiger partial charge is 0.303 e. The van der Waals surface area contributed by atoms with Crippen molar-refractivity contribution in [2.75, 3.05) is 54.4 Å². The topological polar surface area (TPSA) is 117 Å². The normalized spacial score (nSPS) is 22.2. The molecule has 268 valence electrons. The van der Waals surface area contributed by atoms with Crippen molar-refractivity contribution in [3.05, 3.63) is 82.7 Å². The van der Waals surface area contributed by atoms with E-state index in [0.717, 1.165) is 83.1 Å². The van der Waals surface area contributed by atoms with E-state index in [4.69, 9.17) is 9.72 Å². The number of hydrogen-bond acceptors (Lipinski definition) is 7. The Bertz CT molecular complexity index is 2150. The number of hydrogen-bond donors (Lipinski definition) is 1. The molecule has 4 aliphatic rings. The lowest BCUT2D eigenvalue weighted by molar-refractivity contribution is 0.0661. The molecule has 2 amide bonds. The second-order valence-electron chi connectivity index (χ2n) is 15.0. The first-order chi connectivity index (χ1) is 24.5. The van der Waals surface area contributed by atoms with Crippen LogP contribution in [0.15, 0.2) is 54.7 Å². The molecule has 2 aromatic heterocycles. The zero-order valence-corrected chi connectivity index (χ0v) is 30.6. The number of carbonyl (C=O) groups excluding carboxylic acids is 2. The third-order valence-electron chi connectivity index (χ3n) is 11.8. The van der Waals surface area contributed by atoms with Gasteiger partial charge >= 0.3 is 10.2 Å². The number of amides is 2. The maximum atomic E-state index is 14.3. The summed E-state index contributed by atoms with van der Waals surface area (Å²) in [6.07, 6.45) is 8.32. The minimum absolute atomic E-state index is 0.0166. The number of nitrogens with zero attached hydrogens (tertiary/aromatic N) is 5. The molecule has 12 heteroatoms. The van der Waals surface area contributed by atoms with Crippen LogP contribution in [0.5, 0.6) is 5.75 Å². The van der Waals surface area contributed by atoms with Crippen LogP contribution in [-0.4, -0.2) is 98.3 Å². The minimum atomic E-state index is -3.99. The van der Waals surface area contributed by atoms with Crippen molar-refractivity contribution in [2.45, 2.75) is 62.3 Å². The summed E-state index contributed by atoms with van der Waals surface area (Å²) in [5, 5.41) is 1.08. The SMILES string of the molecule is COc1ccc2c(c1)C1CC1(c1ncccc1C(=O)N1CCN(C)CC1)Cn1c-2c(C2CCCCC2)c2ccc(C(=O)NS(=O)(=O)N(C)C)cc21. The van der Waals surface area contributed by atoms with Crippen LogP contribution in [0.3, 0.4) is 0 Å². The second-order valence-corrected chi connectivity index (χ2v) is 16.9. The van der Waals surface area contributed by atoms with E-state index >= 15 is 0 Å². The van der Waals surface area contributed by atoms with Gasteiger partial charge in [-0.2, -0.15) is 12.7 Å². The third kappa shape index (κ3) is 5.72. The van der Waals surface area contributed by atoms with Crippen molar-refractivity contribution in [2.24, 2.45) is 0 Å². The number of rotatable bonds is 7. The average molecular weight is 711 g/mol. The van der Waals surface area contributed by atoms with Gasteiger partial charge in [0.25, 0.3) is 11.8 Å². The zero-order valence-electron chi connectivity index (χ0n) is 29.8. The molecule has 51 heavy (non-hydrogen) atoms. The first-order valence-electron chi connectivity index (χ1n) is 18.0. The molecule has 1 saturated heterocycles. The van der Waals surface area contributed by atoms with Crippen LogP contribution < -0.4 is 9.46 Å². The van der Waals surface area contributed by atoms with Gasteiger partial charge in [0.1, 0.15) is 5.75 Å². The number of benzene rings is 2. The van der Waals surface area contributed by atoms with Crippen molar-refractivity contribution in [1.82, 2.24) is 28.4 Å². The van der Waals surface area contributed by atoms with E-state index in [9.17, 15) is 18.0 Å². The number of fused-ring (bicyclic) bond motifs is 7. The van der Waals surface area contributed by atoms with Crippen LogP contribution in [-0.2, 0) is 22.2 Å². The molecule has 11 nitrogen and oxygen atoms in total. The van der Waals surface area contributed by atoms with Gasteiger partial charge in [-0.15, -0.1) is 0 Å². The van der Waals surface area contributed by atoms with Crippen LogP contribution >= 0.6 is 0 Å². The molecule has 3 fully saturated rings. The van der Waals surface area contributed by atoms with Gasteiger partial charge in [-0.3, -0.25) is 14.6 Å². The Labute approximate surface area is 299 Å². The fourth-order valence-electron chi connectivity index (χ4n) is 8.88. The van der Waals surface area contributed by atoms with E-state index in [2.05, 4.69) is 33.4 Å². The monoisotopic (exact) mass is 710 g/mol. The van der Waals surface area contributed by atoms with Crippen molar-refractivity contribution in [1.29, 1.82) is 0 Å². The number of aromatic nitrogens is 2. The lowest BCUT2D eigenvalue weighted by atomic mass is 9.81. The summed E-state index contributed by atoms with van der Waals surface area (Å²) in [6.45, 7) is 3.57. The van der Waals surface area contributed by atoms with Crippen LogP contribution in [0.2, 0.25) is 0 Å². The highest BCUT2D eigenvalue weighted by Gasteiger charge is 2.61. The van der Waals surface area contributed by atoms with Gasteiger partial charge in [0.15, 0.2) is 0 Å². The largest absolute Gasteiger partial charge is 0.497 e. The predicted octanol–water partition coefficient (Wildman–Crippen LogP) is 5.12. The molecule has 2 atom stereocenters. The standard InChI is InChI=1S/C39H46N6O5S/c1-42(2)51(48,49)41-37(46)26-12-14-29-33(21-26)45-24-39(36-30(11-8-16-40-36)38(47)44-19-17-43(3)18-20-44)23-32(39)31-22-27(50-4)13-15-28(31)35(45)34(29)25-9-6-5-7-10-25/h8,11-16,21-22,25,32H,5-7,9-10,17-20,23-24H2,1-4H3,(H,41,46). The highest BCUT2D eigenvalue weighted by atomic mass is 32.2. The molecule has 0 bridgehead atoms. The Morgan fingerprint density at radius 2 is 1.76 bits per heavy atom. The van der Waals surface area contributed by atoms with Crippen LogP contribution in [0.25, 0.3) is 22.2 Å². The molecule has 2 saturated carbocycles. The Hall–Kier alpha value is -4.26. The zero-order chi connectivity index (χ0) is 35.7. The Balaban J connectivity index is 1.34. The molecular formula is C39H46N6O5S. The molecule has 2 aliphatic carbocycles. The predicted molar refractivity (Wildman–Crippen MR) is 196 cm³/mol. The van der Waals surface area contributed by atoms with Gasteiger partial charge in [-0.25, -0.2) is 4.72 Å². The molecule has 4 heterocycles. The van der Waals surface area contributed by atoms with Gasteiger partial charge in [0.05, 0.1) is 24.1 Å². The molecule has 2 aromatic carbocycles. The number of nitrogens with one attached hydrogen (secondary N) is 1. The summed E-state index contributed by atoms with van der Waals surface area (Å²) >= 11 is 0. The highest BCUT2D eigenvalue weighted by Crippen LogP contribution is 2.66. The fraction of sp³-hybridized carbons (Fsp3) is 0.462. The molecule has 8 rings (SSSR count). The molecule has 4 aromatic rings. The van der Waals surface area contributed by atoms with E-state index in [1.807, 2.05) is 35.2 Å². The first kappa shape index (κ1) is 33.9. The van der Waals surface area contributed by atoms with Gasteiger partial charge in [0, 0.05) is 80.5 Å². The lowest BCUT2D eigenvalue weighted by Crippen LogP contribution is -2.47. The van der Waals surface area contributed by atoms with E-state index in [0.29, 0.717) is 31.1 Å². The number of methoxy groups -OCH3 is 1. The van der Waals surface area contributed by atoms with Gasteiger partial charge in [-0.05, 0) is 91.7 Å². The maximum absolute atomic E-state index is 14.3. The molecule has 0 radical (unpaired) electrons. The lowest BCUT2D eigenvalue weighted by Gasteiger charge is -2.33. The fourth-order valence-corrected chi connectivity index (χ4v) is 9.41. The average Bonchev–Trinajstić information content (AvgIpc) is 3.81. The van der Waals surface area contributed by atoms with Crippen molar-refractivity contribution >= 4 is 32.9 Å². The quantitative estimate of drug-likeness (QED) is 0.283. The minimum Gasteiger partial charge on any atom is -0.497 e. The van der Waals surface area contributed by atoms with E-state index < -0.39 is 21.5 Å². The Morgan fingerprint density at radius 3 is 2.49 bits per heavy atom. The number of carbonyl (C=O) groups is 2. The summed E-state index contributed by atoms with van der Waals surface area (Å²) in [5.74, 6) is 0.568. The van der Waals surface area contributed by atoms with Crippen LogP contribution in [0.4, 0.5) is 0 Å². The van der Waals surface area contributed by atoms with Crippen molar-refractivity contribution in [3.8, 4) is 17.0 Å². The summed E-state index contributed by atoms with van der Waals surface area (Å²) < 4.78 is 36.7. The summed E-state index contributed by atoms with van der Waals surface area (Å²) in [5.41, 5.74) is 6.89. The summed E-state index contributed by atoms with van der Waals surface area (Å²) in [6, 6.07) is 15.7. The van der Waals surface area contributed by atoms with E-state index in [1.165, 1.54) is 31.6 Å². The molecule has 2 unspecified atom stereocenters. The number of pyridine rings is 1. The molecule has 2 aliphatic heterocycles. The summed E-state index contributed by atoms with van der Waals surface area (Å²) in [4.78, 5) is 36.9. The number of piperazine rings is 1. The van der Waals surface area contributed by atoms with Crippen LogP contribution in [0, 0.1) is 0 Å². The van der Waals surface area contributed by atoms with Gasteiger partial charge in [-0.1, -0.05) is 25.3 Å². The van der Waals surface area contributed by atoms with Crippen molar-refractivity contribution in [3.63, 3.8) is 0 Å². The number of likely N-dealkylation sites (N-methyl/N-ethyl adjacent to an activating group) is 1. The highest BCUT2D eigenvalue weighted by molar-refractivity contribution is 7.87. The molecule has 1 N–H and O–H groups in total. The summed E-state index contributed by atoms with van der Waals surface area (Å²) in [7, 11) is 2.57. The van der Waals surface area contributed by atoms with Crippen LogP contribution in [0.1, 0.15) is 87.9 Å².